The second kappa shape index (κ2) is 10.6. The number of aryl methyl sites for hydroxylation is 1. The van der Waals surface area contributed by atoms with Crippen LogP contribution in [-0.4, -0.2) is 60.4 Å². The van der Waals surface area contributed by atoms with Gasteiger partial charge in [0.15, 0.2) is 0 Å². The second-order valence-electron chi connectivity index (χ2n) is 10.4. The number of ketones is 1. The van der Waals surface area contributed by atoms with Gasteiger partial charge in [0.1, 0.15) is 11.5 Å². The van der Waals surface area contributed by atoms with Gasteiger partial charge in [0, 0.05) is 12.1 Å². The van der Waals surface area contributed by atoms with E-state index in [9.17, 15) is 14.7 Å². The third kappa shape index (κ3) is 5.76. The van der Waals surface area contributed by atoms with Crippen LogP contribution in [0.3, 0.4) is 0 Å². The van der Waals surface area contributed by atoms with Gasteiger partial charge in [-0.15, -0.1) is 0 Å². The smallest absolute Gasteiger partial charge is 0.295 e. The van der Waals surface area contributed by atoms with Crippen molar-refractivity contribution in [2.24, 2.45) is 0 Å². The first-order valence-electron chi connectivity index (χ1n) is 12.2. The molecular weight excluding hydrogens is 440 g/mol. The number of aliphatic hydroxyl groups excluding tert-OH is 1. The number of rotatable bonds is 8. The zero-order chi connectivity index (χ0) is 25.9. The number of carbonyl (C=O) groups is 2. The van der Waals surface area contributed by atoms with Crippen LogP contribution < -0.4 is 4.74 Å². The Balaban J connectivity index is 2.19. The molecule has 1 aliphatic heterocycles. The Morgan fingerprint density at radius 3 is 2.46 bits per heavy atom. The van der Waals surface area contributed by atoms with E-state index in [1.165, 1.54) is 0 Å². The van der Waals surface area contributed by atoms with Gasteiger partial charge in [-0.2, -0.15) is 0 Å². The molecule has 2 aromatic rings. The second-order valence-corrected chi connectivity index (χ2v) is 10.4. The highest BCUT2D eigenvalue weighted by Crippen LogP contribution is 2.41. The highest BCUT2D eigenvalue weighted by atomic mass is 16.5. The highest BCUT2D eigenvalue weighted by Gasteiger charge is 2.46. The molecule has 1 fully saturated rings. The van der Waals surface area contributed by atoms with Gasteiger partial charge in [-0.05, 0) is 81.2 Å². The number of aliphatic hydroxyl groups is 1. The standard InChI is InChI=1S/C29H38N2O4/c1-8-35-22-12-9-11-20(17-22)25-24(27(33)28(34)31(25)16-10-15-30(6)7)26(32)23-18-21(29(3,4)5)14-13-19(23)2/h9,11-14,17-18,25,32H,8,10,15-16H2,1-7H3/b26-24+. The summed E-state index contributed by atoms with van der Waals surface area (Å²) in [7, 11) is 3.95. The molecule has 0 spiro atoms. The lowest BCUT2D eigenvalue weighted by atomic mass is 9.84. The Bertz CT molecular complexity index is 1130. The molecule has 1 aliphatic rings. The van der Waals surface area contributed by atoms with Crippen LogP contribution in [0, 0.1) is 6.92 Å². The van der Waals surface area contributed by atoms with Gasteiger partial charge < -0.3 is 19.6 Å². The van der Waals surface area contributed by atoms with Crippen LogP contribution in [0.15, 0.2) is 48.0 Å². The Morgan fingerprint density at radius 2 is 1.83 bits per heavy atom. The molecule has 35 heavy (non-hydrogen) atoms. The molecule has 0 bridgehead atoms. The van der Waals surface area contributed by atoms with Gasteiger partial charge in [0.05, 0.1) is 18.2 Å². The summed E-state index contributed by atoms with van der Waals surface area (Å²) in [6.45, 7) is 11.8. The Labute approximate surface area is 209 Å². The number of carbonyl (C=O) groups excluding carboxylic acids is 2. The van der Waals surface area contributed by atoms with E-state index in [0.29, 0.717) is 30.9 Å². The maximum atomic E-state index is 13.4. The molecule has 0 saturated carbocycles. The van der Waals surface area contributed by atoms with Crippen LogP contribution in [0.5, 0.6) is 5.75 Å². The number of ether oxygens (including phenoxy) is 1. The molecule has 1 atom stereocenters. The fourth-order valence-electron chi connectivity index (χ4n) is 4.44. The van der Waals surface area contributed by atoms with Crippen molar-refractivity contribution in [3.8, 4) is 5.75 Å². The van der Waals surface area contributed by atoms with E-state index in [-0.39, 0.29) is 16.7 Å². The van der Waals surface area contributed by atoms with E-state index in [1.807, 2.05) is 75.3 Å². The molecule has 1 unspecified atom stereocenters. The summed E-state index contributed by atoms with van der Waals surface area (Å²) in [5, 5.41) is 11.6. The molecule has 1 N–H and O–H groups in total. The molecule has 2 aromatic carbocycles. The molecule has 3 rings (SSSR count). The normalized spacial score (nSPS) is 17.9. The minimum Gasteiger partial charge on any atom is -0.507 e. The van der Waals surface area contributed by atoms with Gasteiger partial charge in [0.2, 0.25) is 0 Å². The summed E-state index contributed by atoms with van der Waals surface area (Å²) in [4.78, 5) is 30.2. The van der Waals surface area contributed by atoms with E-state index in [2.05, 4.69) is 20.8 Å². The predicted molar refractivity (Wildman–Crippen MR) is 140 cm³/mol. The summed E-state index contributed by atoms with van der Waals surface area (Å²) >= 11 is 0. The lowest BCUT2D eigenvalue weighted by molar-refractivity contribution is -0.139. The summed E-state index contributed by atoms with van der Waals surface area (Å²) in [5.41, 5.74) is 3.20. The molecular formula is C29H38N2O4. The summed E-state index contributed by atoms with van der Waals surface area (Å²) in [6.07, 6.45) is 0.709. The van der Waals surface area contributed by atoms with Gasteiger partial charge in [-0.25, -0.2) is 0 Å². The highest BCUT2D eigenvalue weighted by molar-refractivity contribution is 6.46. The molecule has 1 heterocycles. The fraction of sp³-hybridized carbons (Fsp3) is 0.448. The SMILES string of the molecule is CCOc1cccc(C2/C(=C(\O)c3cc(C(C)(C)C)ccc3C)C(=O)C(=O)N2CCCN(C)C)c1. The number of nitrogens with zero attached hydrogens (tertiary/aromatic N) is 2. The zero-order valence-corrected chi connectivity index (χ0v) is 22.0. The fourth-order valence-corrected chi connectivity index (χ4v) is 4.44. The lowest BCUT2D eigenvalue weighted by Gasteiger charge is -2.26. The van der Waals surface area contributed by atoms with E-state index in [1.54, 1.807) is 4.90 Å². The van der Waals surface area contributed by atoms with Gasteiger partial charge in [-0.3, -0.25) is 9.59 Å². The number of Topliss-reactive ketones (excluding diaryl/α,β-unsaturated/α-hetero) is 1. The number of amides is 1. The molecule has 1 saturated heterocycles. The molecule has 6 nitrogen and oxygen atoms in total. The summed E-state index contributed by atoms with van der Waals surface area (Å²) in [5.74, 6) is -0.704. The van der Waals surface area contributed by atoms with Gasteiger partial charge in [0.25, 0.3) is 11.7 Å². The Hall–Kier alpha value is -3.12. The van der Waals surface area contributed by atoms with Crippen molar-refractivity contribution >= 4 is 17.4 Å². The summed E-state index contributed by atoms with van der Waals surface area (Å²) < 4.78 is 5.69. The minimum atomic E-state index is -0.685. The molecule has 188 valence electrons. The van der Waals surface area contributed by atoms with E-state index in [4.69, 9.17) is 4.74 Å². The maximum Gasteiger partial charge on any atom is 0.295 e. The summed E-state index contributed by atoms with van der Waals surface area (Å²) in [6, 6.07) is 12.7. The van der Waals surface area contributed by atoms with Crippen LogP contribution in [0.25, 0.3) is 5.76 Å². The largest absolute Gasteiger partial charge is 0.507 e. The van der Waals surface area contributed by atoms with Crippen LogP contribution in [0.2, 0.25) is 0 Å². The Morgan fingerprint density at radius 1 is 1.11 bits per heavy atom. The first-order valence-corrected chi connectivity index (χ1v) is 12.2. The minimum absolute atomic E-state index is 0.127. The van der Waals surface area contributed by atoms with E-state index in [0.717, 1.165) is 23.2 Å². The predicted octanol–water partition coefficient (Wildman–Crippen LogP) is 5.06. The monoisotopic (exact) mass is 478 g/mol. The number of likely N-dealkylation sites (tertiary alicyclic amines) is 1. The van der Waals surface area contributed by atoms with Crippen molar-refractivity contribution in [3.05, 3.63) is 70.3 Å². The van der Waals surface area contributed by atoms with Crippen molar-refractivity contribution in [1.82, 2.24) is 9.80 Å². The van der Waals surface area contributed by atoms with E-state index >= 15 is 0 Å². The number of hydrogen-bond donors (Lipinski definition) is 1. The molecule has 6 heteroatoms. The quantitative estimate of drug-likeness (QED) is 0.326. The van der Waals surface area contributed by atoms with Gasteiger partial charge >= 0.3 is 0 Å². The van der Waals surface area contributed by atoms with Crippen LogP contribution in [0.1, 0.15) is 62.4 Å². The molecule has 1 amide bonds. The third-order valence-corrected chi connectivity index (χ3v) is 6.39. The third-order valence-electron chi connectivity index (χ3n) is 6.39. The molecule has 0 aromatic heterocycles. The Kier molecular flexibility index (Phi) is 8.06. The average Bonchev–Trinajstić information content (AvgIpc) is 3.03. The van der Waals surface area contributed by atoms with Crippen LogP contribution >= 0.6 is 0 Å². The average molecular weight is 479 g/mol. The molecule has 0 aliphatic carbocycles. The van der Waals surface area contributed by atoms with Crippen molar-refractivity contribution in [2.45, 2.75) is 52.5 Å². The van der Waals surface area contributed by atoms with Crippen LogP contribution in [0.4, 0.5) is 0 Å². The van der Waals surface area contributed by atoms with Crippen molar-refractivity contribution in [1.29, 1.82) is 0 Å². The van der Waals surface area contributed by atoms with Crippen molar-refractivity contribution in [2.75, 3.05) is 33.8 Å². The number of hydrogen-bond acceptors (Lipinski definition) is 5. The van der Waals surface area contributed by atoms with E-state index < -0.39 is 17.7 Å². The zero-order valence-electron chi connectivity index (χ0n) is 22.0. The maximum absolute atomic E-state index is 13.4. The lowest BCUT2D eigenvalue weighted by Crippen LogP contribution is -2.32. The van der Waals surface area contributed by atoms with Crippen molar-refractivity contribution in [3.63, 3.8) is 0 Å². The number of benzene rings is 2. The molecule has 0 radical (unpaired) electrons. The van der Waals surface area contributed by atoms with Crippen LogP contribution in [-0.2, 0) is 15.0 Å². The topological polar surface area (TPSA) is 70.1 Å². The van der Waals surface area contributed by atoms with Crippen molar-refractivity contribution < 1.29 is 19.4 Å². The van der Waals surface area contributed by atoms with Gasteiger partial charge in [-0.1, -0.05) is 45.0 Å². The first kappa shape index (κ1) is 26.5. The first-order chi connectivity index (χ1) is 16.5.